The Hall–Kier alpha value is -3.00. The number of carbonyl (C=O) groups excluding carboxylic acids is 2. The fourth-order valence-corrected chi connectivity index (χ4v) is 4.27. The molecule has 0 saturated heterocycles. The highest BCUT2D eigenvalue weighted by Crippen LogP contribution is 2.24. The number of carbonyl (C=O) groups is 2. The number of hydrazine groups is 1. The monoisotopic (exact) mass is 398 g/mol. The van der Waals surface area contributed by atoms with Gasteiger partial charge in [0.05, 0.1) is 10.3 Å². The molecule has 2 N–H and O–H groups in total. The molecule has 28 heavy (non-hydrogen) atoms. The zero-order valence-corrected chi connectivity index (χ0v) is 16.9. The number of benzene rings is 1. The van der Waals surface area contributed by atoms with Gasteiger partial charge in [0.2, 0.25) is 0 Å². The van der Waals surface area contributed by atoms with Gasteiger partial charge in [0, 0.05) is 17.3 Å². The Kier molecular flexibility index (Phi) is 5.89. The van der Waals surface area contributed by atoms with E-state index >= 15 is 0 Å². The maximum Gasteiger partial charge on any atom is 0.290 e. The van der Waals surface area contributed by atoms with E-state index in [9.17, 15) is 14.4 Å². The van der Waals surface area contributed by atoms with E-state index in [0.717, 1.165) is 29.5 Å². The van der Waals surface area contributed by atoms with Crippen molar-refractivity contribution in [2.45, 2.75) is 33.1 Å². The SMILES string of the molecule is CCCc1sc(C(=O)NNC(=O)c2nn(C)c(=O)c3ccccc23)cc1CC. The number of nitrogens with zero attached hydrogens (tertiary/aromatic N) is 2. The summed E-state index contributed by atoms with van der Waals surface area (Å²) in [6.45, 7) is 4.16. The largest absolute Gasteiger partial charge is 0.290 e. The van der Waals surface area contributed by atoms with Gasteiger partial charge in [0.1, 0.15) is 0 Å². The third-order valence-electron chi connectivity index (χ3n) is 4.44. The van der Waals surface area contributed by atoms with Gasteiger partial charge in [-0.2, -0.15) is 5.10 Å². The van der Waals surface area contributed by atoms with Gasteiger partial charge in [-0.05, 0) is 30.5 Å². The van der Waals surface area contributed by atoms with E-state index in [1.165, 1.54) is 23.3 Å². The van der Waals surface area contributed by atoms with Crippen molar-refractivity contribution in [3.8, 4) is 0 Å². The minimum absolute atomic E-state index is 0.0742. The number of hydrogen-bond donors (Lipinski definition) is 2. The molecule has 0 saturated carbocycles. The molecule has 0 aliphatic rings. The predicted molar refractivity (Wildman–Crippen MR) is 110 cm³/mol. The van der Waals surface area contributed by atoms with Crippen molar-refractivity contribution in [1.82, 2.24) is 20.6 Å². The summed E-state index contributed by atoms with van der Waals surface area (Å²) in [6, 6.07) is 8.62. The van der Waals surface area contributed by atoms with E-state index in [1.807, 2.05) is 6.07 Å². The first kappa shape index (κ1) is 19.8. The number of aromatic nitrogens is 2. The molecule has 0 unspecified atom stereocenters. The zero-order chi connectivity index (χ0) is 20.3. The first-order chi connectivity index (χ1) is 13.5. The van der Waals surface area contributed by atoms with Gasteiger partial charge in [-0.25, -0.2) is 4.68 Å². The summed E-state index contributed by atoms with van der Waals surface area (Å²) < 4.78 is 1.11. The number of nitrogens with one attached hydrogen (secondary N) is 2. The molecule has 0 spiro atoms. The summed E-state index contributed by atoms with van der Waals surface area (Å²) >= 11 is 1.45. The molecule has 0 aliphatic heterocycles. The van der Waals surface area contributed by atoms with Crippen molar-refractivity contribution in [2.24, 2.45) is 7.05 Å². The van der Waals surface area contributed by atoms with E-state index in [2.05, 4.69) is 29.8 Å². The molecule has 3 rings (SSSR count). The Balaban J connectivity index is 1.80. The second-order valence-corrected chi connectivity index (χ2v) is 7.53. The summed E-state index contributed by atoms with van der Waals surface area (Å²) in [6.07, 6.45) is 2.80. The predicted octanol–water partition coefficient (Wildman–Crippen LogP) is 2.58. The van der Waals surface area contributed by atoms with Gasteiger partial charge in [-0.1, -0.05) is 38.5 Å². The van der Waals surface area contributed by atoms with Crippen LogP contribution in [0.15, 0.2) is 35.1 Å². The van der Waals surface area contributed by atoms with Gasteiger partial charge in [0.15, 0.2) is 5.69 Å². The lowest BCUT2D eigenvalue weighted by Crippen LogP contribution is -2.42. The molecule has 0 bridgehead atoms. The highest BCUT2D eigenvalue weighted by atomic mass is 32.1. The Bertz CT molecular complexity index is 1100. The maximum atomic E-state index is 12.6. The van der Waals surface area contributed by atoms with E-state index in [0.29, 0.717) is 15.6 Å². The Labute approximate surface area is 166 Å². The topological polar surface area (TPSA) is 93.1 Å². The van der Waals surface area contributed by atoms with Crippen LogP contribution in [0.4, 0.5) is 0 Å². The van der Waals surface area contributed by atoms with Crippen molar-refractivity contribution in [1.29, 1.82) is 0 Å². The standard InChI is InChI=1S/C20H22N4O3S/c1-4-8-15-12(5-2)11-16(28-15)18(25)21-22-19(26)17-13-9-6-7-10-14(13)20(27)24(3)23-17/h6-7,9-11H,4-5,8H2,1-3H3,(H,21,25)(H,22,26). The summed E-state index contributed by atoms with van der Waals surface area (Å²) in [4.78, 5) is 39.0. The highest BCUT2D eigenvalue weighted by Gasteiger charge is 2.18. The smallest absolute Gasteiger partial charge is 0.267 e. The highest BCUT2D eigenvalue weighted by molar-refractivity contribution is 7.14. The number of fused-ring (bicyclic) bond motifs is 1. The molecule has 0 aliphatic carbocycles. The molecule has 8 heteroatoms. The Morgan fingerprint density at radius 1 is 1.11 bits per heavy atom. The Morgan fingerprint density at radius 2 is 1.79 bits per heavy atom. The molecule has 2 aromatic heterocycles. The zero-order valence-electron chi connectivity index (χ0n) is 16.0. The molecule has 0 fully saturated rings. The summed E-state index contributed by atoms with van der Waals surface area (Å²) in [5, 5.41) is 4.88. The van der Waals surface area contributed by atoms with Gasteiger partial charge in [0.25, 0.3) is 17.4 Å². The maximum absolute atomic E-state index is 12.6. The van der Waals surface area contributed by atoms with E-state index in [4.69, 9.17) is 0 Å². The molecule has 0 radical (unpaired) electrons. The molecular weight excluding hydrogens is 376 g/mol. The van der Waals surface area contributed by atoms with Crippen LogP contribution in [-0.2, 0) is 19.9 Å². The van der Waals surface area contributed by atoms with Crippen molar-refractivity contribution < 1.29 is 9.59 Å². The second kappa shape index (κ2) is 8.35. The second-order valence-electron chi connectivity index (χ2n) is 6.39. The average molecular weight is 398 g/mol. The minimum atomic E-state index is -0.582. The normalized spacial score (nSPS) is 10.8. The van der Waals surface area contributed by atoms with Crippen molar-refractivity contribution in [3.63, 3.8) is 0 Å². The Morgan fingerprint density at radius 3 is 2.46 bits per heavy atom. The molecule has 2 amide bonds. The average Bonchev–Trinajstić information content (AvgIpc) is 3.12. The summed E-state index contributed by atoms with van der Waals surface area (Å²) in [7, 11) is 1.48. The fourth-order valence-electron chi connectivity index (χ4n) is 3.02. The summed E-state index contributed by atoms with van der Waals surface area (Å²) in [5.74, 6) is -0.953. The van der Waals surface area contributed by atoms with Crippen molar-refractivity contribution in [3.05, 3.63) is 61.7 Å². The summed E-state index contributed by atoms with van der Waals surface area (Å²) in [5.41, 5.74) is 5.80. The molecule has 1 aromatic carbocycles. The van der Waals surface area contributed by atoms with Crippen LogP contribution in [0.5, 0.6) is 0 Å². The lowest BCUT2D eigenvalue weighted by atomic mass is 10.1. The number of hydrogen-bond acceptors (Lipinski definition) is 5. The molecule has 7 nitrogen and oxygen atoms in total. The van der Waals surface area contributed by atoms with Crippen LogP contribution in [0, 0.1) is 0 Å². The van der Waals surface area contributed by atoms with Crippen LogP contribution in [0.3, 0.4) is 0 Å². The third kappa shape index (κ3) is 3.82. The van der Waals surface area contributed by atoms with Crippen LogP contribution in [0.25, 0.3) is 10.8 Å². The van der Waals surface area contributed by atoms with Crippen molar-refractivity contribution in [2.75, 3.05) is 0 Å². The molecule has 2 heterocycles. The van der Waals surface area contributed by atoms with Gasteiger partial charge < -0.3 is 0 Å². The van der Waals surface area contributed by atoms with Crippen LogP contribution >= 0.6 is 11.3 Å². The number of aryl methyl sites for hydroxylation is 3. The van der Waals surface area contributed by atoms with E-state index < -0.39 is 5.91 Å². The van der Waals surface area contributed by atoms with Crippen molar-refractivity contribution >= 4 is 33.9 Å². The first-order valence-corrected chi connectivity index (χ1v) is 9.96. The first-order valence-electron chi connectivity index (χ1n) is 9.14. The number of rotatable bonds is 5. The number of thiophene rings is 1. The minimum Gasteiger partial charge on any atom is -0.267 e. The van der Waals surface area contributed by atoms with E-state index in [1.54, 1.807) is 24.3 Å². The lowest BCUT2D eigenvalue weighted by Gasteiger charge is -2.09. The van der Waals surface area contributed by atoms with E-state index in [-0.39, 0.29) is 17.2 Å². The molecule has 0 atom stereocenters. The fraction of sp³-hybridized carbons (Fsp3) is 0.300. The van der Waals surface area contributed by atoms with Gasteiger partial charge >= 0.3 is 0 Å². The molecular formula is C20H22N4O3S. The van der Waals surface area contributed by atoms with Gasteiger partial charge in [-0.15, -0.1) is 11.3 Å². The van der Waals surface area contributed by atoms with Gasteiger partial charge in [-0.3, -0.25) is 25.2 Å². The van der Waals surface area contributed by atoms with Crippen LogP contribution in [0.1, 0.15) is 50.9 Å². The quantitative estimate of drug-likeness (QED) is 0.646. The molecule has 3 aromatic rings. The van der Waals surface area contributed by atoms with Crippen LogP contribution in [-0.4, -0.2) is 21.6 Å². The lowest BCUT2D eigenvalue weighted by molar-refractivity contribution is 0.0846. The van der Waals surface area contributed by atoms with Crippen LogP contribution in [0.2, 0.25) is 0 Å². The van der Waals surface area contributed by atoms with Crippen LogP contribution < -0.4 is 16.4 Å². The number of amides is 2. The third-order valence-corrected chi connectivity index (χ3v) is 5.68. The molecule has 146 valence electrons.